The van der Waals surface area contributed by atoms with Gasteiger partial charge in [-0.1, -0.05) is 57.4 Å². The standard InChI is InChI=1S/C29H37N3O3/c1-20(2)18-19-31(28(33)22-12-6-5-7-13-22)21(3)27-30-24-15-9-8-14-23(24)29(34)32(27)25-16-10-11-17-26(25)35-4/h8-11,14-17,20-22H,5-7,12-13,18-19H2,1-4H3. The number of para-hydroxylation sites is 3. The highest BCUT2D eigenvalue weighted by Gasteiger charge is 2.32. The first-order chi connectivity index (χ1) is 16.9. The van der Waals surface area contributed by atoms with Crippen LogP contribution in [-0.4, -0.2) is 34.0 Å². The van der Waals surface area contributed by atoms with Gasteiger partial charge in [0.2, 0.25) is 5.91 Å². The maximum Gasteiger partial charge on any atom is 0.266 e. The third-order valence-electron chi connectivity index (χ3n) is 7.15. The van der Waals surface area contributed by atoms with E-state index in [1.165, 1.54) is 6.42 Å². The lowest BCUT2D eigenvalue weighted by molar-refractivity contribution is -0.139. The topological polar surface area (TPSA) is 64.4 Å². The third kappa shape index (κ3) is 5.26. The minimum atomic E-state index is -0.370. The number of fused-ring (bicyclic) bond motifs is 1. The van der Waals surface area contributed by atoms with Crippen LogP contribution in [0.15, 0.2) is 53.3 Å². The first kappa shape index (κ1) is 25.0. The second-order valence-electron chi connectivity index (χ2n) is 10.0. The van der Waals surface area contributed by atoms with Crippen LogP contribution in [0.1, 0.15) is 71.2 Å². The third-order valence-corrected chi connectivity index (χ3v) is 7.15. The van der Waals surface area contributed by atoms with E-state index in [9.17, 15) is 9.59 Å². The van der Waals surface area contributed by atoms with Crippen molar-refractivity contribution in [3.63, 3.8) is 0 Å². The van der Waals surface area contributed by atoms with Gasteiger partial charge in [0.05, 0.1) is 29.7 Å². The van der Waals surface area contributed by atoms with Crippen LogP contribution < -0.4 is 10.3 Å². The molecule has 1 atom stereocenters. The number of hydrogen-bond acceptors (Lipinski definition) is 4. The van der Waals surface area contributed by atoms with Crippen molar-refractivity contribution in [2.24, 2.45) is 11.8 Å². The van der Waals surface area contributed by atoms with Gasteiger partial charge in [-0.2, -0.15) is 0 Å². The number of benzene rings is 2. The Labute approximate surface area is 207 Å². The number of nitrogens with zero attached hydrogens (tertiary/aromatic N) is 3. The van der Waals surface area contributed by atoms with E-state index in [1.807, 2.05) is 54.3 Å². The van der Waals surface area contributed by atoms with E-state index < -0.39 is 0 Å². The summed E-state index contributed by atoms with van der Waals surface area (Å²) >= 11 is 0. The van der Waals surface area contributed by atoms with Crippen molar-refractivity contribution in [3.05, 3.63) is 64.7 Å². The fraction of sp³-hybridized carbons (Fsp3) is 0.483. The van der Waals surface area contributed by atoms with Crippen LogP contribution in [0.3, 0.4) is 0 Å². The molecule has 4 rings (SSSR count). The fourth-order valence-corrected chi connectivity index (χ4v) is 5.09. The van der Waals surface area contributed by atoms with Crippen LogP contribution in [0.4, 0.5) is 0 Å². The van der Waals surface area contributed by atoms with Gasteiger partial charge in [-0.25, -0.2) is 4.98 Å². The van der Waals surface area contributed by atoms with Gasteiger partial charge in [0.1, 0.15) is 11.6 Å². The molecule has 1 aliphatic carbocycles. The quantitative estimate of drug-likeness (QED) is 0.406. The molecule has 1 amide bonds. The van der Waals surface area contributed by atoms with Gasteiger partial charge in [0.25, 0.3) is 5.56 Å². The highest BCUT2D eigenvalue weighted by molar-refractivity contribution is 5.80. The van der Waals surface area contributed by atoms with Gasteiger partial charge in [0.15, 0.2) is 0 Å². The fourth-order valence-electron chi connectivity index (χ4n) is 5.09. The molecule has 0 aliphatic heterocycles. The molecular weight excluding hydrogens is 438 g/mol. The summed E-state index contributed by atoms with van der Waals surface area (Å²) < 4.78 is 7.26. The summed E-state index contributed by atoms with van der Waals surface area (Å²) in [6, 6.07) is 14.5. The number of ether oxygens (including phenoxy) is 1. The number of aromatic nitrogens is 2. The first-order valence-corrected chi connectivity index (χ1v) is 12.9. The maximum absolute atomic E-state index is 13.8. The van der Waals surface area contributed by atoms with Gasteiger partial charge in [-0.05, 0) is 56.4 Å². The zero-order chi connectivity index (χ0) is 24.9. The molecule has 6 heteroatoms. The molecule has 6 nitrogen and oxygen atoms in total. The molecule has 186 valence electrons. The largest absolute Gasteiger partial charge is 0.495 e. The summed E-state index contributed by atoms with van der Waals surface area (Å²) in [7, 11) is 1.60. The Kier molecular flexibility index (Phi) is 7.89. The van der Waals surface area contributed by atoms with Gasteiger partial charge in [-0.15, -0.1) is 0 Å². The van der Waals surface area contributed by atoms with Crippen LogP contribution in [0, 0.1) is 11.8 Å². The molecule has 1 unspecified atom stereocenters. The molecule has 3 aromatic rings. The van der Waals surface area contributed by atoms with Crippen molar-refractivity contribution < 1.29 is 9.53 Å². The molecule has 1 heterocycles. The Morgan fingerprint density at radius 3 is 2.46 bits per heavy atom. The molecule has 35 heavy (non-hydrogen) atoms. The number of hydrogen-bond donors (Lipinski definition) is 0. The number of methoxy groups -OCH3 is 1. The van der Waals surface area contributed by atoms with Gasteiger partial charge < -0.3 is 9.64 Å². The lowest BCUT2D eigenvalue weighted by Crippen LogP contribution is -2.42. The highest BCUT2D eigenvalue weighted by Crippen LogP contribution is 2.32. The van der Waals surface area contributed by atoms with Crippen LogP contribution in [-0.2, 0) is 4.79 Å². The molecule has 0 spiro atoms. The van der Waals surface area contributed by atoms with Crippen LogP contribution >= 0.6 is 0 Å². The second-order valence-corrected chi connectivity index (χ2v) is 10.0. The lowest BCUT2D eigenvalue weighted by Gasteiger charge is -2.35. The summed E-state index contributed by atoms with van der Waals surface area (Å²) in [5.74, 6) is 1.85. The Morgan fingerprint density at radius 2 is 1.74 bits per heavy atom. The number of rotatable bonds is 8. The molecular formula is C29H37N3O3. The number of amides is 1. The Bertz CT molecular complexity index is 1230. The zero-order valence-electron chi connectivity index (χ0n) is 21.4. The van der Waals surface area contributed by atoms with Crippen molar-refractivity contribution in [2.45, 2.75) is 65.3 Å². The molecule has 0 saturated heterocycles. The maximum atomic E-state index is 13.8. The van der Waals surface area contributed by atoms with Crippen molar-refractivity contribution in [2.75, 3.05) is 13.7 Å². The van der Waals surface area contributed by atoms with Crippen molar-refractivity contribution in [3.8, 4) is 11.4 Å². The van der Waals surface area contributed by atoms with Gasteiger partial charge in [0, 0.05) is 12.5 Å². The van der Waals surface area contributed by atoms with Crippen molar-refractivity contribution in [1.29, 1.82) is 0 Å². The van der Waals surface area contributed by atoms with E-state index in [0.29, 0.717) is 40.6 Å². The molecule has 0 radical (unpaired) electrons. The number of carbonyl (C=O) groups excluding carboxylic acids is 1. The smallest absolute Gasteiger partial charge is 0.266 e. The summed E-state index contributed by atoms with van der Waals surface area (Å²) in [6.07, 6.45) is 6.18. The van der Waals surface area contributed by atoms with Crippen molar-refractivity contribution in [1.82, 2.24) is 14.5 Å². The van der Waals surface area contributed by atoms with E-state index in [1.54, 1.807) is 17.7 Å². The van der Waals surface area contributed by atoms with Crippen LogP contribution in [0.2, 0.25) is 0 Å². The first-order valence-electron chi connectivity index (χ1n) is 12.9. The van der Waals surface area contributed by atoms with Crippen LogP contribution in [0.5, 0.6) is 5.75 Å². The average Bonchev–Trinajstić information content (AvgIpc) is 2.89. The molecule has 0 bridgehead atoms. The molecule has 1 aliphatic rings. The predicted octanol–water partition coefficient (Wildman–Crippen LogP) is 5.91. The predicted molar refractivity (Wildman–Crippen MR) is 140 cm³/mol. The molecule has 1 fully saturated rings. The van der Waals surface area contributed by atoms with Crippen LogP contribution in [0.25, 0.3) is 16.6 Å². The van der Waals surface area contributed by atoms with Gasteiger partial charge in [-0.3, -0.25) is 14.2 Å². The Balaban J connectivity index is 1.88. The summed E-state index contributed by atoms with van der Waals surface area (Å²) in [5, 5.41) is 0.543. The highest BCUT2D eigenvalue weighted by atomic mass is 16.5. The van der Waals surface area contributed by atoms with E-state index >= 15 is 0 Å². The minimum Gasteiger partial charge on any atom is -0.495 e. The molecule has 1 saturated carbocycles. The summed E-state index contributed by atoms with van der Waals surface area (Å²) in [4.78, 5) is 34.6. The van der Waals surface area contributed by atoms with E-state index in [-0.39, 0.29) is 23.4 Å². The lowest BCUT2D eigenvalue weighted by atomic mass is 9.87. The van der Waals surface area contributed by atoms with Crippen molar-refractivity contribution >= 4 is 16.8 Å². The van der Waals surface area contributed by atoms with E-state index in [4.69, 9.17) is 9.72 Å². The van der Waals surface area contributed by atoms with E-state index in [0.717, 1.165) is 32.1 Å². The second kappa shape index (κ2) is 11.1. The van der Waals surface area contributed by atoms with Gasteiger partial charge >= 0.3 is 0 Å². The minimum absolute atomic E-state index is 0.0465. The number of carbonyl (C=O) groups is 1. The summed E-state index contributed by atoms with van der Waals surface area (Å²) in [5.41, 5.74) is 1.12. The SMILES string of the molecule is COc1ccccc1-n1c(C(C)N(CCC(C)C)C(=O)C2CCCCC2)nc2ccccc2c1=O. The Hall–Kier alpha value is -3.15. The normalized spacial score (nSPS) is 15.3. The summed E-state index contributed by atoms with van der Waals surface area (Å²) in [6.45, 7) is 6.99. The molecule has 2 aromatic carbocycles. The zero-order valence-corrected chi connectivity index (χ0v) is 21.4. The molecule has 1 aromatic heterocycles. The monoisotopic (exact) mass is 475 g/mol. The average molecular weight is 476 g/mol. The Morgan fingerprint density at radius 1 is 1.06 bits per heavy atom. The van der Waals surface area contributed by atoms with E-state index in [2.05, 4.69) is 13.8 Å². The molecule has 0 N–H and O–H groups in total.